The van der Waals surface area contributed by atoms with Gasteiger partial charge in [-0.1, -0.05) is 19.3 Å². The van der Waals surface area contributed by atoms with Crippen LogP contribution in [0.15, 0.2) is 24.3 Å². The lowest BCUT2D eigenvalue weighted by molar-refractivity contribution is -0.127. The van der Waals surface area contributed by atoms with Gasteiger partial charge in [-0.3, -0.25) is 9.69 Å². The van der Waals surface area contributed by atoms with Crippen molar-refractivity contribution in [2.45, 2.75) is 50.6 Å². The van der Waals surface area contributed by atoms with Gasteiger partial charge >= 0.3 is 0 Å². The lowest BCUT2D eigenvalue weighted by Gasteiger charge is -2.40. The number of amides is 1. The van der Waals surface area contributed by atoms with E-state index >= 15 is 0 Å². The molecule has 0 radical (unpaired) electrons. The van der Waals surface area contributed by atoms with Gasteiger partial charge in [-0.25, -0.2) is 4.39 Å². The number of piperazine rings is 1. The van der Waals surface area contributed by atoms with E-state index in [2.05, 4.69) is 21.2 Å². The van der Waals surface area contributed by atoms with E-state index in [0.717, 1.165) is 64.0 Å². The van der Waals surface area contributed by atoms with Gasteiger partial charge < -0.3 is 10.2 Å². The van der Waals surface area contributed by atoms with Crippen molar-refractivity contribution < 1.29 is 9.18 Å². The zero-order chi connectivity index (χ0) is 18.6. The number of nitriles is 1. The van der Waals surface area contributed by atoms with E-state index in [1.54, 1.807) is 12.1 Å². The van der Waals surface area contributed by atoms with Crippen molar-refractivity contribution in [3.63, 3.8) is 0 Å². The number of hydrogen-bond donors (Lipinski definition) is 1. The lowest BCUT2D eigenvalue weighted by Crippen LogP contribution is -2.58. The Morgan fingerprint density at radius 3 is 2.35 bits per heavy atom. The summed E-state index contributed by atoms with van der Waals surface area (Å²) >= 11 is 0. The minimum atomic E-state index is -0.681. The molecule has 1 aromatic carbocycles. The van der Waals surface area contributed by atoms with E-state index in [1.165, 1.54) is 12.1 Å². The van der Waals surface area contributed by atoms with Gasteiger partial charge in [0.25, 0.3) is 0 Å². The fourth-order valence-corrected chi connectivity index (χ4v) is 3.95. The number of rotatable bonds is 4. The molecular formula is C20H27FN4O. The van der Waals surface area contributed by atoms with Gasteiger partial charge in [0.15, 0.2) is 0 Å². The first-order valence-electron chi connectivity index (χ1n) is 9.51. The molecule has 5 nitrogen and oxygen atoms in total. The highest BCUT2D eigenvalue weighted by atomic mass is 19.1. The predicted octanol–water partition coefficient (Wildman–Crippen LogP) is 2.68. The Labute approximate surface area is 154 Å². The van der Waals surface area contributed by atoms with Crippen molar-refractivity contribution in [3.05, 3.63) is 30.1 Å². The van der Waals surface area contributed by atoms with E-state index < -0.39 is 5.54 Å². The van der Waals surface area contributed by atoms with E-state index in [4.69, 9.17) is 0 Å². The van der Waals surface area contributed by atoms with E-state index in [9.17, 15) is 14.4 Å². The smallest absolute Gasteiger partial charge is 0.238 e. The third kappa shape index (κ3) is 4.16. The molecule has 1 aliphatic carbocycles. The summed E-state index contributed by atoms with van der Waals surface area (Å²) in [6.45, 7) is 5.05. The van der Waals surface area contributed by atoms with Crippen LogP contribution in [0.4, 0.5) is 10.1 Å². The van der Waals surface area contributed by atoms with Gasteiger partial charge in [0.05, 0.1) is 12.1 Å². The standard InChI is InChI=1S/C20H27FN4O/c1-16(19(26)23-20(15-22)9-3-2-4-10-20)24-11-13-25(14-12-24)18-7-5-17(21)6-8-18/h5-8,16H,2-4,9-14H2,1H3,(H,23,26)/t16-/m0/s1. The quantitative estimate of drug-likeness (QED) is 0.899. The molecule has 2 fully saturated rings. The number of benzene rings is 1. The number of carbonyl (C=O) groups is 1. The molecule has 0 aromatic heterocycles. The molecular weight excluding hydrogens is 331 g/mol. The van der Waals surface area contributed by atoms with Crippen LogP contribution in [-0.4, -0.2) is 48.6 Å². The molecule has 6 heteroatoms. The van der Waals surface area contributed by atoms with Crippen molar-refractivity contribution in [2.75, 3.05) is 31.1 Å². The lowest BCUT2D eigenvalue weighted by atomic mass is 9.82. The second-order valence-corrected chi connectivity index (χ2v) is 7.42. The highest BCUT2D eigenvalue weighted by Gasteiger charge is 2.36. The average Bonchev–Trinajstić information content (AvgIpc) is 2.69. The predicted molar refractivity (Wildman–Crippen MR) is 99.2 cm³/mol. The van der Waals surface area contributed by atoms with Gasteiger partial charge in [-0.05, 0) is 44.0 Å². The second kappa shape index (κ2) is 8.05. The van der Waals surface area contributed by atoms with Crippen molar-refractivity contribution in [1.29, 1.82) is 5.26 Å². The zero-order valence-corrected chi connectivity index (χ0v) is 15.4. The van der Waals surface area contributed by atoms with Crippen LogP contribution < -0.4 is 10.2 Å². The summed E-state index contributed by atoms with van der Waals surface area (Å²) in [5, 5.41) is 12.6. The van der Waals surface area contributed by atoms with E-state index in [0.29, 0.717) is 0 Å². The van der Waals surface area contributed by atoms with Crippen LogP contribution in [0.5, 0.6) is 0 Å². The third-order valence-electron chi connectivity index (χ3n) is 5.72. The molecule has 0 spiro atoms. The molecule has 1 heterocycles. The Kier molecular flexibility index (Phi) is 5.77. The average molecular weight is 358 g/mol. The molecule has 0 bridgehead atoms. The minimum absolute atomic E-state index is 0.0521. The number of anilines is 1. The molecule has 1 atom stereocenters. The van der Waals surface area contributed by atoms with Gasteiger partial charge in [0.1, 0.15) is 11.4 Å². The van der Waals surface area contributed by atoms with Gasteiger partial charge in [0.2, 0.25) is 5.91 Å². The van der Waals surface area contributed by atoms with Crippen molar-refractivity contribution in [2.24, 2.45) is 0 Å². The second-order valence-electron chi connectivity index (χ2n) is 7.42. The Morgan fingerprint density at radius 2 is 1.77 bits per heavy atom. The van der Waals surface area contributed by atoms with E-state index in [-0.39, 0.29) is 17.8 Å². The van der Waals surface area contributed by atoms with Crippen LogP contribution in [0.25, 0.3) is 0 Å². The minimum Gasteiger partial charge on any atom is -0.369 e. The van der Waals surface area contributed by atoms with Crippen LogP contribution in [0.3, 0.4) is 0 Å². The molecule has 140 valence electrons. The molecule has 1 N–H and O–H groups in total. The Morgan fingerprint density at radius 1 is 1.15 bits per heavy atom. The summed E-state index contributed by atoms with van der Waals surface area (Å²) in [4.78, 5) is 17.1. The zero-order valence-electron chi connectivity index (χ0n) is 15.4. The molecule has 1 aromatic rings. The number of hydrogen-bond acceptors (Lipinski definition) is 4. The summed E-state index contributed by atoms with van der Waals surface area (Å²) in [6.07, 6.45) is 4.64. The van der Waals surface area contributed by atoms with Crippen LogP contribution in [0.1, 0.15) is 39.0 Å². The summed E-state index contributed by atoms with van der Waals surface area (Å²) < 4.78 is 13.1. The van der Waals surface area contributed by atoms with Crippen LogP contribution >= 0.6 is 0 Å². The third-order valence-corrected chi connectivity index (χ3v) is 5.72. The van der Waals surface area contributed by atoms with Gasteiger partial charge in [0, 0.05) is 31.9 Å². The molecule has 26 heavy (non-hydrogen) atoms. The molecule has 3 rings (SSSR count). The first-order chi connectivity index (χ1) is 12.5. The van der Waals surface area contributed by atoms with Crippen molar-refractivity contribution >= 4 is 11.6 Å². The molecule has 2 aliphatic rings. The first-order valence-corrected chi connectivity index (χ1v) is 9.51. The number of carbonyl (C=O) groups excluding carboxylic acids is 1. The highest BCUT2D eigenvalue weighted by Crippen LogP contribution is 2.28. The highest BCUT2D eigenvalue weighted by molar-refractivity contribution is 5.82. The van der Waals surface area contributed by atoms with Crippen molar-refractivity contribution in [3.8, 4) is 6.07 Å². The number of halogens is 1. The van der Waals surface area contributed by atoms with E-state index in [1.807, 2.05) is 6.92 Å². The number of nitrogens with zero attached hydrogens (tertiary/aromatic N) is 3. The maximum Gasteiger partial charge on any atom is 0.238 e. The topological polar surface area (TPSA) is 59.4 Å². The molecule has 1 amide bonds. The summed E-state index contributed by atoms with van der Waals surface area (Å²) in [6, 6.07) is 8.63. The molecule has 1 saturated carbocycles. The largest absolute Gasteiger partial charge is 0.369 e. The van der Waals surface area contributed by atoms with Crippen LogP contribution in [0, 0.1) is 17.1 Å². The first kappa shape index (κ1) is 18.7. The fourth-order valence-electron chi connectivity index (χ4n) is 3.95. The summed E-state index contributed by atoms with van der Waals surface area (Å²) in [5.74, 6) is -0.282. The Balaban J connectivity index is 1.54. The maximum atomic E-state index is 13.1. The Hall–Kier alpha value is -2.13. The normalized spacial score (nSPS) is 21.7. The van der Waals surface area contributed by atoms with Crippen LogP contribution in [0.2, 0.25) is 0 Å². The molecule has 1 aliphatic heterocycles. The fraction of sp³-hybridized carbons (Fsp3) is 0.600. The molecule has 0 unspecified atom stereocenters. The maximum absolute atomic E-state index is 13.1. The monoisotopic (exact) mass is 358 g/mol. The van der Waals surface area contributed by atoms with Gasteiger partial charge in [-0.2, -0.15) is 5.26 Å². The van der Waals surface area contributed by atoms with Gasteiger partial charge in [-0.15, -0.1) is 0 Å². The van der Waals surface area contributed by atoms with Crippen molar-refractivity contribution in [1.82, 2.24) is 10.2 Å². The number of nitrogens with one attached hydrogen (secondary N) is 1. The summed E-state index contributed by atoms with van der Waals surface area (Å²) in [5.41, 5.74) is 0.327. The summed E-state index contributed by atoms with van der Waals surface area (Å²) in [7, 11) is 0. The molecule has 1 saturated heterocycles. The Bertz CT molecular complexity index is 655. The van der Waals surface area contributed by atoms with Crippen LogP contribution in [-0.2, 0) is 4.79 Å². The SMILES string of the molecule is C[C@@H](C(=O)NC1(C#N)CCCCC1)N1CCN(c2ccc(F)cc2)CC1.